The fraction of sp³-hybridized carbons (Fsp3) is 0.444. The van der Waals surface area contributed by atoms with Crippen LogP contribution >= 0.6 is 0 Å². The number of nitrogens with one attached hydrogen (secondary N) is 1. The van der Waals surface area contributed by atoms with Gasteiger partial charge in [0.1, 0.15) is 6.10 Å². The van der Waals surface area contributed by atoms with Gasteiger partial charge in [0.2, 0.25) is 5.95 Å². The molecule has 0 radical (unpaired) electrons. The third-order valence-electron chi connectivity index (χ3n) is 2.02. The Balaban J connectivity index is 1.94. The average Bonchev–Trinajstić information content (AvgIpc) is 2.72. The minimum Gasteiger partial charge on any atom is -0.368 e. The number of nitrogens with zero attached hydrogens (tertiary/aromatic N) is 2. The molecule has 1 N–H and O–H groups in total. The van der Waals surface area contributed by atoms with Gasteiger partial charge >= 0.3 is 0 Å². The van der Waals surface area contributed by atoms with Crippen LogP contribution in [0.4, 0.5) is 5.95 Å². The van der Waals surface area contributed by atoms with Crippen LogP contribution in [0, 0.1) is 0 Å². The first-order chi connectivity index (χ1) is 6.86. The molecule has 0 aliphatic carbocycles. The fourth-order valence-electron chi connectivity index (χ4n) is 1.34. The quantitative estimate of drug-likeness (QED) is 0.746. The van der Waals surface area contributed by atoms with Crippen LogP contribution < -0.4 is 5.32 Å². The maximum absolute atomic E-state index is 11.5. The van der Waals surface area contributed by atoms with Gasteiger partial charge in [-0.25, -0.2) is 9.97 Å². The summed E-state index contributed by atoms with van der Waals surface area (Å²) in [4.78, 5) is 19.3. The maximum atomic E-state index is 11.5. The van der Waals surface area contributed by atoms with Crippen molar-refractivity contribution in [3.05, 3.63) is 18.5 Å². The Kier molecular flexibility index (Phi) is 2.69. The standard InChI is InChI=1S/C9H11N3O2/c13-8(7-3-1-6-14-7)12-9-10-4-2-5-11-9/h2,4-5,7H,1,3,6H2,(H,10,11,12,13). The van der Waals surface area contributed by atoms with Crippen LogP contribution in [0.3, 0.4) is 0 Å². The van der Waals surface area contributed by atoms with E-state index < -0.39 is 0 Å². The number of carbonyl (C=O) groups is 1. The Bertz CT molecular complexity index is 309. The molecule has 2 heterocycles. The van der Waals surface area contributed by atoms with Gasteiger partial charge in [0.05, 0.1) is 0 Å². The van der Waals surface area contributed by atoms with Gasteiger partial charge in [-0.15, -0.1) is 0 Å². The molecule has 1 unspecified atom stereocenters. The number of carbonyl (C=O) groups excluding carboxylic acids is 1. The predicted octanol–water partition coefficient (Wildman–Crippen LogP) is 0.594. The van der Waals surface area contributed by atoms with Crippen LogP contribution in [0.2, 0.25) is 0 Å². The van der Waals surface area contributed by atoms with Crippen molar-refractivity contribution in [3.63, 3.8) is 0 Å². The summed E-state index contributed by atoms with van der Waals surface area (Å²) in [5.74, 6) is 0.168. The first kappa shape index (κ1) is 9.08. The van der Waals surface area contributed by atoms with E-state index in [0.29, 0.717) is 12.6 Å². The second-order valence-corrected chi connectivity index (χ2v) is 3.06. The van der Waals surface area contributed by atoms with Crippen molar-refractivity contribution in [2.24, 2.45) is 0 Å². The second kappa shape index (κ2) is 4.15. The molecule has 1 atom stereocenters. The Labute approximate surface area is 81.5 Å². The van der Waals surface area contributed by atoms with E-state index >= 15 is 0 Å². The zero-order chi connectivity index (χ0) is 9.80. The zero-order valence-electron chi connectivity index (χ0n) is 7.64. The molecule has 1 aliphatic heterocycles. The van der Waals surface area contributed by atoms with E-state index in [1.807, 2.05) is 0 Å². The second-order valence-electron chi connectivity index (χ2n) is 3.06. The minimum atomic E-state index is -0.334. The van der Waals surface area contributed by atoms with Crippen LogP contribution in [-0.4, -0.2) is 28.6 Å². The average molecular weight is 193 g/mol. The molecular formula is C9H11N3O2. The van der Waals surface area contributed by atoms with E-state index in [0.717, 1.165) is 12.8 Å². The molecule has 0 spiro atoms. The van der Waals surface area contributed by atoms with Crippen molar-refractivity contribution in [2.75, 3.05) is 11.9 Å². The van der Waals surface area contributed by atoms with E-state index in [1.165, 1.54) is 0 Å². The lowest BCUT2D eigenvalue weighted by atomic mass is 10.2. The van der Waals surface area contributed by atoms with Crippen molar-refractivity contribution < 1.29 is 9.53 Å². The summed E-state index contributed by atoms with van der Waals surface area (Å²) in [6.45, 7) is 0.660. The molecule has 1 aliphatic rings. The van der Waals surface area contributed by atoms with Crippen molar-refractivity contribution in [3.8, 4) is 0 Å². The van der Waals surface area contributed by atoms with Crippen LogP contribution in [0.5, 0.6) is 0 Å². The van der Waals surface area contributed by atoms with Crippen molar-refractivity contribution in [1.82, 2.24) is 9.97 Å². The van der Waals surface area contributed by atoms with Gasteiger partial charge in [-0.05, 0) is 18.9 Å². The number of rotatable bonds is 2. The first-order valence-electron chi connectivity index (χ1n) is 4.56. The number of anilines is 1. The molecule has 74 valence electrons. The predicted molar refractivity (Wildman–Crippen MR) is 49.6 cm³/mol. The summed E-state index contributed by atoms with van der Waals surface area (Å²) < 4.78 is 5.22. The van der Waals surface area contributed by atoms with E-state index in [9.17, 15) is 4.79 Å². The van der Waals surface area contributed by atoms with E-state index in [4.69, 9.17) is 4.74 Å². The van der Waals surface area contributed by atoms with Gasteiger partial charge < -0.3 is 4.74 Å². The van der Waals surface area contributed by atoms with Gasteiger partial charge in [-0.1, -0.05) is 0 Å². The third kappa shape index (κ3) is 2.05. The molecule has 1 aromatic heterocycles. The topological polar surface area (TPSA) is 64.1 Å². The zero-order valence-corrected chi connectivity index (χ0v) is 7.64. The molecule has 1 saturated heterocycles. The van der Waals surface area contributed by atoms with Crippen LogP contribution in [0.15, 0.2) is 18.5 Å². The molecule has 1 aromatic rings. The minimum absolute atomic E-state index is 0.159. The highest BCUT2D eigenvalue weighted by atomic mass is 16.5. The number of hydrogen-bond acceptors (Lipinski definition) is 4. The number of ether oxygens (including phenoxy) is 1. The molecular weight excluding hydrogens is 182 g/mol. The summed E-state index contributed by atoms with van der Waals surface area (Å²) in [6.07, 6.45) is 4.54. The smallest absolute Gasteiger partial charge is 0.255 e. The van der Waals surface area contributed by atoms with Crippen LogP contribution in [0.1, 0.15) is 12.8 Å². The molecule has 0 saturated carbocycles. The largest absolute Gasteiger partial charge is 0.368 e. The molecule has 2 rings (SSSR count). The highest BCUT2D eigenvalue weighted by Gasteiger charge is 2.23. The molecule has 1 amide bonds. The number of amides is 1. The normalized spacial score (nSPS) is 20.7. The van der Waals surface area contributed by atoms with Gasteiger partial charge in [0, 0.05) is 19.0 Å². The van der Waals surface area contributed by atoms with Gasteiger partial charge in [-0.2, -0.15) is 0 Å². The molecule has 0 bridgehead atoms. The van der Waals surface area contributed by atoms with Crippen molar-refractivity contribution in [2.45, 2.75) is 18.9 Å². The van der Waals surface area contributed by atoms with E-state index in [-0.39, 0.29) is 12.0 Å². The summed E-state index contributed by atoms with van der Waals surface area (Å²) in [5, 5.41) is 2.60. The Hall–Kier alpha value is -1.49. The van der Waals surface area contributed by atoms with Gasteiger partial charge in [0.25, 0.3) is 5.91 Å². The Morgan fingerprint density at radius 2 is 2.29 bits per heavy atom. The SMILES string of the molecule is O=C(Nc1ncccn1)C1CCCO1. The lowest BCUT2D eigenvalue weighted by molar-refractivity contribution is -0.124. The Morgan fingerprint density at radius 1 is 1.50 bits per heavy atom. The summed E-state index contributed by atoms with van der Waals surface area (Å²) in [6, 6.07) is 1.70. The monoisotopic (exact) mass is 193 g/mol. The fourth-order valence-corrected chi connectivity index (χ4v) is 1.34. The highest BCUT2D eigenvalue weighted by Crippen LogP contribution is 2.13. The Morgan fingerprint density at radius 3 is 2.93 bits per heavy atom. The summed E-state index contributed by atoms with van der Waals surface area (Å²) >= 11 is 0. The third-order valence-corrected chi connectivity index (χ3v) is 2.02. The lowest BCUT2D eigenvalue weighted by Gasteiger charge is -2.08. The lowest BCUT2D eigenvalue weighted by Crippen LogP contribution is -2.27. The summed E-state index contributed by atoms with van der Waals surface area (Å²) in [5.41, 5.74) is 0. The van der Waals surface area contributed by atoms with Gasteiger partial charge in [0.15, 0.2) is 0 Å². The number of aromatic nitrogens is 2. The maximum Gasteiger partial charge on any atom is 0.255 e. The molecule has 0 aromatic carbocycles. The van der Waals surface area contributed by atoms with E-state index in [2.05, 4.69) is 15.3 Å². The number of hydrogen-bond donors (Lipinski definition) is 1. The molecule has 5 nitrogen and oxygen atoms in total. The van der Waals surface area contributed by atoms with Gasteiger partial charge in [-0.3, -0.25) is 10.1 Å². The molecule has 5 heteroatoms. The molecule has 1 fully saturated rings. The van der Waals surface area contributed by atoms with Crippen molar-refractivity contribution >= 4 is 11.9 Å². The van der Waals surface area contributed by atoms with Crippen LogP contribution in [-0.2, 0) is 9.53 Å². The van der Waals surface area contributed by atoms with Crippen LogP contribution in [0.25, 0.3) is 0 Å². The summed E-state index contributed by atoms with van der Waals surface area (Å²) in [7, 11) is 0. The highest BCUT2D eigenvalue weighted by molar-refractivity contribution is 5.92. The first-order valence-corrected chi connectivity index (χ1v) is 4.56. The van der Waals surface area contributed by atoms with Crippen molar-refractivity contribution in [1.29, 1.82) is 0 Å². The molecule has 14 heavy (non-hydrogen) atoms. The van der Waals surface area contributed by atoms with E-state index in [1.54, 1.807) is 18.5 Å².